The van der Waals surface area contributed by atoms with Crippen LogP contribution in [0.3, 0.4) is 0 Å². The molecule has 1 saturated heterocycles. The van der Waals surface area contributed by atoms with Gasteiger partial charge < -0.3 is 15.5 Å². The van der Waals surface area contributed by atoms with E-state index in [4.69, 9.17) is 10.2 Å². The van der Waals surface area contributed by atoms with E-state index in [1.165, 1.54) is 0 Å². The first-order valence-corrected chi connectivity index (χ1v) is 3.77. The molecule has 5 heteroatoms. The SMILES string of the molecule is O=C(O)C[C@@]1(C(=O)O)CCCN1. The summed E-state index contributed by atoms with van der Waals surface area (Å²) in [5.74, 6) is -2.14. The number of rotatable bonds is 3. The van der Waals surface area contributed by atoms with Crippen molar-refractivity contribution in [2.75, 3.05) is 6.54 Å². The number of hydrogen-bond acceptors (Lipinski definition) is 3. The van der Waals surface area contributed by atoms with Gasteiger partial charge in [0.15, 0.2) is 0 Å². The molecule has 12 heavy (non-hydrogen) atoms. The van der Waals surface area contributed by atoms with Crippen LogP contribution >= 0.6 is 0 Å². The fraction of sp³-hybridized carbons (Fsp3) is 0.714. The Morgan fingerprint density at radius 1 is 1.42 bits per heavy atom. The number of carboxylic acid groups (broad SMARTS) is 2. The van der Waals surface area contributed by atoms with E-state index in [2.05, 4.69) is 5.32 Å². The van der Waals surface area contributed by atoms with Crippen molar-refractivity contribution < 1.29 is 19.8 Å². The first-order valence-electron chi connectivity index (χ1n) is 3.77. The maximum Gasteiger partial charge on any atom is 0.324 e. The summed E-state index contributed by atoms with van der Waals surface area (Å²) in [5, 5.41) is 20.0. The molecule has 1 heterocycles. The van der Waals surface area contributed by atoms with Crippen molar-refractivity contribution >= 4 is 11.9 Å². The van der Waals surface area contributed by atoms with Crippen molar-refractivity contribution in [3.05, 3.63) is 0 Å². The molecule has 0 unspecified atom stereocenters. The molecule has 0 aliphatic carbocycles. The Balaban J connectivity index is 2.72. The topological polar surface area (TPSA) is 86.6 Å². The second-order valence-corrected chi connectivity index (χ2v) is 2.99. The summed E-state index contributed by atoms with van der Waals surface area (Å²) >= 11 is 0. The summed E-state index contributed by atoms with van der Waals surface area (Å²) in [6.07, 6.45) is 0.774. The van der Waals surface area contributed by atoms with Crippen molar-refractivity contribution in [1.82, 2.24) is 5.32 Å². The molecule has 3 N–H and O–H groups in total. The number of carbonyl (C=O) groups is 2. The monoisotopic (exact) mass is 173 g/mol. The third-order valence-corrected chi connectivity index (χ3v) is 2.11. The molecule has 1 rings (SSSR count). The Labute approximate surface area is 69.4 Å². The fourth-order valence-corrected chi connectivity index (χ4v) is 1.47. The maximum absolute atomic E-state index is 10.7. The average molecular weight is 173 g/mol. The van der Waals surface area contributed by atoms with Gasteiger partial charge in [0.2, 0.25) is 0 Å². The van der Waals surface area contributed by atoms with Crippen molar-refractivity contribution in [1.29, 1.82) is 0 Å². The molecule has 5 nitrogen and oxygen atoms in total. The van der Waals surface area contributed by atoms with Crippen LogP contribution in [-0.2, 0) is 9.59 Å². The van der Waals surface area contributed by atoms with Crippen molar-refractivity contribution in [3.63, 3.8) is 0 Å². The molecule has 68 valence electrons. The van der Waals surface area contributed by atoms with E-state index in [-0.39, 0.29) is 6.42 Å². The van der Waals surface area contributed by atoms with Gasteiger partial charge in [-0.3, -0.25) is 9.59 Å². The molecule has 0 amide bonds. The molecule has 0 saturated carbocycles. The molecular formula is C7H11NO4. The number of aliphatic carboxylic acids is 2. The molecular weight excluding hydrogens is 162 g/mol. The van der Waals surface area contributed by atoms with Gasteiger partial charge in [0.25, 0.3) is 0 Å². The van der Waals surface area contributed by atoms with E-state index in [0.717, 1.165) is 6.42 Å². The Bertz CT molecular complexity index is 207. The Morgan fingerprint density at radius 2 is 2.08 bits per heavy atom. The third kappa shape index (κ3) is 1.55. The second-order valence-electron chi connectivity index (χ2n) is 2.99. The molecule has 1 fully saturated rings. The normalized spacial score (nSPS) is 28.7. The number of carboxylic acids is 2. The molecule has 0 radical (unpaired) electrons. The van der Waals surface area contributed by atoms with Crippen LogP contribution in [0.2, 0.25) is 0 Å². The zero-order chi connectivity index (χ0) is 9.19. The van der Waals surface area contributed by atoms with E-state index in [1.807, 2.05) is 0 Å². The zero-order valence-corrected chi connectivity index (χ0v) is 6.54. The lowest BCUT2D eigenvalue weighted by Gasteiger charge is -2.21. The van der Waals surface area contributed by atoms with Crippen LogP contribution in [0.15, 0.2) is 0 Å². The van der Waals surface area contributed by atoms with Crippen LogP contribution in [0.4, 0.5) is 0 Å². The molecule has 1 aliphatic rings. The highest BCUT2D eigenvalue weighted by Crippen LogP contribution is 2.23. The van der Waals surface area contributed by atoms with E-state index in [1.54, 1.807) is 0 Å². The van der Waals surface area contributed by atoms with Crippen LogP contribution in [0.1, 0.15) is 19.3 Å². The molecule has 0 aromatic rings. The van der Waals surface area contributed by atoms with Crippen molar-refractivity contribution in [2.45, 2.75) is 24.8 Å². The predicted molar refractivity (Wildman–Crippen MR) is 39.9 cm³/mol. The van der Waals surface area contributed by atoms with Crippen LogP contribution in [0, 0.1) is 0 Å². The highest BCUT2D eigenvalue weighted by Gasteiger charge is 2.42. The smallest absolute Gasteiger partial charge is 0.324 e. The first kappa shape index (κ1) is 8.99. The van der Waals surface area contributed by atoms with E-state index < -0.39 is 17.5 Å². The standard InChI is InChI=1S/C7H11NO4/c9-5(10)4-7(6(11)12)2-1-3-8-7/h8H,1-4H2,(H,9,10)(H,11,12)/t7-/m1/s1. The summed E-state index contributed by atoms with van der Waals surface area (Å²) in [4.78, 5) is 21.1. The third-order valence-electron chi connectivity index (χ3n) is 2.11. The lowest BCUT2D eigenvalue weighted by molar-refractivity contribution is -0.150. The van der Waals surface area contributed by atoms with Crippen molar-refractivity contribution in [2.24, 2.45) is 0 Å². The van der Waals surface area contributed by atoms with Crippen LogP contribution in [0.25, 0.3) is 0 Å². The molecule has 1 atom stereocenters. The van der Waals surface area contributed by atoms with Crippen LogP contribution in [0.5, 0.6) is 0 Å². The van der Waals surface area contributed by atoms with Gasteiger partial charge in [0.1, 0.15) is 5.54 Å². The number of nitrogens with one attached hydrogen (secondary N) is 1. The van der Waals surface area contributed by atoms with Crippen LogP contribution in [-0.4, -0.2) is 34.2 Å². The maximum atomic E-state index is 10.7. The lowest BCUT2D eigenvalue weighted by Crippen LogP contribution is -2.49. The summed E-state index contributed by atoms with van der Waals surface area (Å²) in [6, 6.07) is 0. The summed E-state index contributed by atoms with van der Waals surface area (Å²) < 4.78 is 0. The zero-order valence-electron chi connectivity index (χ0n) is 6.54. The van der Waals surface area contributed by atoms with Gasteiger partial charge in [-0.05, 0) is 19.4 Å². The van der Waals surface area contributed by atoms with E-state index in [9.17, 15) is 9.59 Å². The van der Waals surface area contributed by atoms with Gasteiger partial charge in [0, 0.05) is 0 Å². The Hall–Kier alpha value is -1.10. The largest absolute Gasteiger partial charge is 0.481 e. The minimum absolute atomic E-state index is 0.345. The lowest BCUT2D eigenvalue weighted by atomic mass is 9.94. The van der Waals surface area contributed by atoms with Gasteiger partial charge in [-0.25, -0.2) is 0 Å². The minimum atomic E-state index is -1.22. The molecule has 0 bridgehead atoms. The van der Waals surface area contributed by atoms with Gasteiger partial charge in [-0.2, -0.15) is 0 Å². The van der Waals surface area contributed by atoms with Gasteiger partial charge in [0.05, 0.1) is 6.42 Å². The highest BCUT2D eigenvalue weighted by molar-refractivity contribution is 5.85. The summed E-state index contributed by atoms with van der Waals surface area (Å²) in [6.45, 7) is 0.583. The fourth-order valence-electron chi connectivity index (χ4n) is 1.47. The quantitative estimate of drug-likeness (QED) is 0.544. The Kier molecular flexibility index (Phi) is 2.32. The predicted octanol–water partition coefficient (Wildman–Crippen LogP) is -0.332. The van der Waals surface area contributed by atoms with Gasteiger partial charge >= 0.3 is 11.9 Å². The van der Waals surface area contributed by atoms with Crippen LogP contribution < -0.4 is 5.32 Å². The van der Waals surface area contributed by atoms with E-state index >= 15 is 0 Å². The molecule has 0 spiro atoms. The van der Waals surface area contributed by atoms with Gasteiger partial charge in [-0.15, -0.1) is 0 Å². The summed E-state index contributed by atoms with van der Waals surface area (Å²) in [5.41, 5.74) is -1.22. The molecule has 0 aromatic heterocycles. The number of hydrogen-bond donors (Lipinski definition) is 3. The second kappa shape index (κ2) is 3.10. The van der Waals surface area contributed by atoms with E-state index in [0.29, 0.717) is 13.0 Å². The average Bonchev–Trinajstić information content (AvgIpc) is 2.35. The highest BCUT2D eigenvalue weighted by atomic mass is 16.4. The molecule has 0 aromatic carbocycles. The minimum Gasteiger partial charge on any atom is -0.481 e. The van der Waals surface area contributed by atoms with Gasteiger partial charge in [-0.1, -0.05) is 0 Å². The Morgan fingerprint density at radius 3 is 2.42 bits per heavy atom. The molecule has 1 aliphatic heterocycles. The van der Waals surface area contributed by atoms with Crippen molar-refractivity contribution in [3.8, 4) is 0 Å². The first-order chi connectivity index (χ1) is 5.57. The summed E-state index contributed by atoms with van der Waals surface area (Å²) in [7, 11) is 0.